The quantitative estimate of drug-likeness (QED) is 0.320. The van der Waals surface area contributed by atoms with Gasteiger partial charge in [0.1, 0.15) is 17.1 Å². The lowest BCUT2D eigenvalue weighted by molar-refractivity contribution is -0.134. The summed E-state index contributed by atoms with van der Waals surface area (Å²) in [5.74, 6) is -3.54. The molecule has 4 rings (SSSR count). The maximum atomic E-state index is 13.5. The van der Waals surface area contributed by atoms with E-state index in [0.29, 0.717) is 0 Å². The van der Waals surface area contributed by atoms with Crippen molar-refractivity contribution in [2.24, 2.45) is 0 Å². The molecule has 4 aromatic rings. The van der Waals surface area contributed by atoms with E-state index in [1.165, 1.54) is 25.2 Å². The number of aromatic carboxylic acids is 1. The van der Waals surface area contributed by atoms with Crippen LogP contribution in [0.1, 0.15) is 36.9 Å². The van der Waals surface area contributed by atoms with Crippen molar-refractivity contribution in [2.75, 3.05) is 14.1 Å². The van der Waals surface area contributed by atoms with Crippen molar-refractivity contribution in [3.05, 3.63) is 65.2 Å². The number of carbonyl (C=O) groups is 2. The van der Waals surface area contributed by atoms with E-state index < -0.39 is 55.2 Å². The number of furan rings is 1. The molecular weight excluding hydrogens is 498 g/mol. The minimum Gasteiger partial charge on any atom is -0.480 e. The van der Waals surface area contributed by atoms with Crippen molar-refractivity contribution in [1.82, 2.24) is 15.3 Å². The second-order valence-electron chi connectivity index (χ2n) is 7.83. The van der Waals surface area contributed by atoms with E-state index in [4.69, 9.17) is 8.53 Å². The van der Waals surface area contributed by atoms with Crippen molar-refractivity contribution in [3.63, 3.8) is 0 Å². The topological polar surface area (TPSA) is 115 Å². The Labute approximate surface area is 211 Å². The minimum absolute atomic E-state index is 0.0104. The van der Waals surface area contributed by atoms with Gasteiger partial charge >= 0.3 is 12.1 Å². The monoisotopic (exact) mass is 520 g/mol. The molecule has 0 aliphatic heterocycles. The Morgan fingerprint density at radius 2 is 1.92 bits per heavy atom. The van der Waals surface area contributed by atoms with Crippen molar-refractivity contribution in [3.8, 4) is 28.3 Å². The van der Waals surface area contributed by atoms with Crippen LogP contribution in [0.3, 0.4) is 0 Å². The van der Waals surface area contributed by atoms with Crippen LogP contribution < -0.4 is 10.1 Å². The van der Waals surface area contributed by atoms with Gasteiger partial charge in [-0.1, -0.05) is 0 Å². The van der Waals surface area contributed by atoms with E-state index in [0.717, 1.165) is 24.4 Å². The number of amides is 1. The largest absolute Gasteiger partial charge is 0.480 e. The zero-order valence-corrected chi connectivity index (χ0v) is 18.9. The first-order valence-corrected chi connectivity index (χ1v) is 10.6. The first-order chi connectivity index (χ1) is 18.7. The second-order valence-corrected chi connectivity index (χ2v) is 7.83. The van der Waals surface area contributed by atoms with Crippen molar-refractivity contribution in [1.29, 1.82) is 0 Å². The maximum Gasteiger partial charge on any atom is 0.389 e. The van der Waals surface area contributed by atoms with Gasteiger partial charge in [-0.25, -0.2) is 19.2 Å². The molecule has 0 saturated heterocycles. The highest BCUT2D eigenvalue weighted by molar-refractivity contribution is 6.11. The number of carboxylic acids is 1. The summed E-state index contributed by atoms with van der Waals surface area (Å²) in [4.78, 5) is 32.7. The molecule has 0 spiro atoms. The van der Waals surface area contributed by atoms with E-state index >= 15 is 0 Å². The third-order valence-electron chi connectivity index (χ3n) is 5.46. The standard InChI is InChI=1S/C25H19F4N3O5/c1-30-21(33)19-16-10-15(13-9-17(24(34)35)22(36-2)31-11-13)18(7-8-25(27,28)29)32-23(16)37-20(19)12-3-5-14(26)6-4-12/h3-6,9-11H,7-8H2,1-2H3,(H,30,33)(H,34,35)/i2D3. The van der Waals surface area contributed by atoms with Crippen LogP contribution in [-0.4, -0.2) is 47.2 Å². The SMILES string of the molecule is [2H]C([2H])([2H])Oc1ncc(-c2cc3c(C(=O)NC)c(-c4ccc(F)cc4)oc3nc2CCC(F)(F)F)cc1C(=O)O. The van der Waals surface area contributed by atoms with E-state index in [2.05, 4.69) is 20.0 Å². The number of ether oxygens (including phenoxy) is 1. The number of halogens is 4. The molecule has 3 aromatic heterocycles. The van der Waals surface area contributed by atoms with E-state index in [-0.39, 0.29) is 44.8 Å². The molecule has 0 radical (unpaired) electrons. The molecule has 0 bridgehead atoms. The number of fused-ring (bicyclic) bond motifs is 1. The zero-order valence-electron chi connectivity index (χ0n) is 21.9. The van der Waals surface area contributed by atoms with Crippen LogP contribution >= 0.6 is 0 Å². The maximum absolute atomic E-state index is 13.5. The van der Waals surface area contributed by atoms with Gasteiger partial charge in [0.2, 0.25) is 11.6 Å². The van der Waals surface area contributed by atoms with Crippen LogP contribution in [0.2, 0.25) is 0 Å². The number of carboxylic acid groups (broad SMARTS) is 1. The number of rotatable bonds is 7. The Morgan fingerprint density at radius 3 is 2.54 bits per heavy atom. The summed E-state index contributed by atoms with van der Waals surface area (Å²) in [6, 6.07) is 7.24. The molecule has 2 N–H and O–H groups in total. The summed E-state index contributed by atoms with van der Waals surface area (Å²) >= 11 is 0. The molecule has 3 heterocycles. The normalized spacial score (nSPS) is 13.1. The fourth-order valence-corrected chi connectivity index (χ4v) is 3.75. The number of aromatic nitrogens is 2. The van der Waals surface area contributed by atoms with Crippen LogP contribution in [0.25, 0.3) is 33.6 Å². The summed E-state index contributed by atoms with van der Waals surface area (Å²) in [5.41, 5.74) is -0.811. The predicted octanol–water partition coefficient (Wildman–Crippen LogP) is 5.26. The summed E-state index contributed by atoms with van der Waals surface area (Å²) in [7, 11) is -1.68. The molecule has 0 fully saturated rings. The lowest BCUT2D eigenvalue weighted by atomic mass is 9.98. The highest BCUT2D eigenvalue weighted by Crippen LogP contribution is 2.38. The van der Waals surface area contributed by atoms with Gasteiger partial charge in [-0.3, -0.25) is 4.79 Å². The van der Waals surface area contributed by atoms with Gasteiger partial charge in [0.25, 0.3) is 5.91 Å². The first kappa shape index (κ1) is 21.8. The number of pyridine rings is 2. The minimum atomic E-state index is -4.56. The van der Waals surface area contributed by atoms with Crippen LogP contribution in [0, 0.1) is 5.82 Å². The Kier molecular flexibility index (Phi) is 5.81. The van der Waals surface area contributed by atoms with E-state index in [1.54, 1.807) is 0 Å². The number of nitrogens with one attached hydrogen (secondary N) is 1. The molecule has 0 atom stereocenters. The number of alkyl halides is 3. The van der Waals surface area contributed by atoms with Crippen LogP contribution in [0.15, 0.2) is 47.0 Å². The van der Waals surface area contributed by atoms with Crippen molar-refractivity contribution < 1.29 is 45.5 Å². The second kappa shape index (κ2) is 9.88. The van der Waals surface area contributed by atoms with Gasteiger partial charge in [0.05, 0.1) is 27.8 Å². The summed E-state index contributed by atoms with van der Waals surface area (Å²) < 4.78 is 85.1. The molecule has 12 heteroatoms. The van der Waals surface area contributed by atoms with Crippen LogP contribution in [0.5, 0.6) is 5.88 Å². The average Bonchev–Trinajstić information content (AvgIpc) is 3.24. The average molecular weight is 520 g/mol. The molecule has 0 aliphatic carbocycles. The molecule has 0 aliphatic rings. The van der Waals surface area contributed by atoms with Crippen LogP contribution in [0.4, 0.5) is 17.6 Å². The third kappa shape index (κ3) is 5.22. The molecule has 192 valence electrons. The number of benzene rings is 1. The Balaban J connectivity index is 1.98. The Hall–Kier alpha value is -4.48. The number of hydrogen-bond donors (Lipinski definition) is 2. The molecule has 1 aromatic carbocycles. The fraction of sp³-hybridized carbons (Fsp3) is 0.200. The first-order valence-electron chi connectivity index (χ1n) is 12.1. The molecule has 0 saturated carbocycles. The predicted molar refractivity (Wildman–Crippen MR) is 124 cm³/mol. The number of aryl methyl sites for hydroxylation is 1. The number of methoxy groups -OCH3 is 1. The molecular formula is C25H19F4N3O5. The van der Waals surface area contributed by atoms with Crippen LogP contribution in [-0.2, 0) is 6.42 Å². The number of carbonyl (C=O) groups excluding carboxylic acids is 1. The summed E-state index contributed by atoms with van der Waals surface area (Å²) in [6.45, 7) is 0. The number of nitrogens with zero attached hydrogens (tertiary/aromatic N) is 2. The number of hydrogen-bond acceptors (Lipinski definition) is 6. The highest BCUT2D eigenvalue weighted by atomic mass is 19.4. The highest BCUT2D eigenvalue weighted by Gasteiger charge is 2.29. The van der Waals surface area contributed by atoms with E-state index in [1.807, 2.05) is 0 Å². The molecule has 37 heavy (non-hydrogen) atoms. The van der Waals surface area contributed by atoms with E-state index in [9.17, 15) is 32.3 Å². The molecule has 8 nitrogen and oxygen atoms in total. The van der Waals surface area contributed by atoms with Gasteiger partial charge in [0.15, 0.2) is 0 Å². The van der Waals surface area contributed by atoms with Gasteiger partial charge in [0, 0.05) is 36.4 Å². The van der Waals surface area contributed by atoms with Gasteiger partial charge in [-0.2, -0.15) is 13.2 Å². The Morgan fingerprint density at radius 1 is 1.19 bits per heavy atom. The van der Waals surface area contributed by atoms with Crippen molar-refractivity contribution in [2.45, 2.75) is 19.0 Å². The van der Waals surface area contributed by atoms with Crippen molar-refractivity contribution >= 4 is 23.0 Å². The Bertz CT molecular complexity index is 1600. The third-order valence-corrected chi connectivity index (χ3v) is 5.46. The van der Waals surface area contributed by atoms with Gasteiger partial charge in [-0.15, -0.1) is 0 Å². The molecule has 0 unspecified atom stereocenters. The smallest absolute Gasteiger partial charge is 0.389 e. The lowest BCUT2D eigenvalue weighted by Crippen LogP contribution is -2.18. The van der Waals surface area contributed by atoms with Gasteiger partial charge < -0.3 is 19.6 Å². The summed E-state index contributed by atoms with van der Waals surface area (Å²) in [6.07, 6.45) is -5.47. The fourth-order valence-electron chi connectivity index (χ4n) is 3.75. The lowest BCUT2D eigenvalue weighted by Gasteiger charge is -2.12. The van der Waals surface area contributed by atoms with Gasteiger partial charge in [-0.05, 0) is 42.8 Å². The molecule has 1 amide bonds. The summed E-state index contributed by atoms with van der Waals surface area (Å²) in [5, 5.41) is 12.1. The zero-order chi connectivity index (χ0) is 29.4.